The molecule has 0 aliphatic heterocycles. The maximum atomic E-state index is 12.0. The first-order valence-electron chi connectivity index (χ1n) is 6.18. The summed E-state index contributed by atoms with van der Waals surface area (Å²) in [6.45, 7) is 1.93. The van der Waals surface area contributed by atoms with Gasteiger partial charge in [0, 0.05) is 23.3 Å². The van der Waals surface area contributed by atoms with Gasteiger partial charge in [-0.1, -0.05) is 11.6 Å². The molecule has 0 saturated heterocycles. The van der Waals surface area contributed by atoms with Gasteiger partial charge in [0.25, 0.3) is 0 Å². The first kappa shape index (κ1) is 10.8. The van der Waals surface area contributed by atoms with E-state index >= 15 is 0 Å². The monoisotopic (exact) mass is 240 g/mol. The van der Waals surface area contributed by atoms with Gasteiger partial charge in [-0.25, -0.2) is 0 Å². The van der Waals surface area contributed by atoms with Crippen molar-refractivity contribution in [2.45, 2.75) is 38.7 Å². The lowest BCUT2D eigenvalue weighted by atomic mass is 9.69. The summed E-state index contributed by atoms with van der Waals surface area (Å²) in [5.74, 6) is 1.33. The van der Waals surface area contributed by atoms with Crippen LogP contribution in [0.1, 0.15) is 32.6 Å². The van der Waals surface area contributed by atoms with Gasteiger partial charge in [-0.2, -0.15) is 0 Å². The van der Waals surface area contributed by atoms with E-state index in [-0.39, 0.29) is 17.9 Å². The highest BCUT2D eigenvalue weighted by molar-refractivity contribution is 6.29. The second-order valence-corrected chi connectivity index (χ2v) is 6.02. The number of hydrogen-bond acceptors (Lipinski definition) is 2. The second kappa shape index (κ2) is 3.58. The number of hydrogen-bond donors (Lipinski definition) is 1. The Morgan fingerprint density at radius 1 is 1.31 bits per heavy atom. The van der Waals surface area contributed by atoms with Crippen molar-refractivity contribution >= 4 is 17.4 Å². The molecule has 5 atom stereocenters. The maximum absolute atomic E-state index is 12.0. The molecule has 0 radical (unpaired) electrons. The number of ketones is 1. The molecule has 16 heavy (non-hydrogen) atoms. The van der Waals surface area contributed by atoms with Gasteiger partial charge in [-0.05, 0) is 43.6 Å². The van der Waals surface area contributed by atoms with Gasteiger partial charge in [0.05, 0.1) is 6.10 Å². The normalized spacial score (nSPS) is 49.4. The third-order valence-corrected chi connectivity index (χ3v) is 5.02. The van der Waals surface area contributed by atoms with Crippen molar-refractivity contribution in [1.29, 1.82) is 0 Å². The van der Waals surface area contributed by atoms with Crippen LogP contribution in [0.4, 0.5) is 0 Å². The quantitative estimate of drug-likeness (QED) is 0.707. The standard InChI is InChI=1S/C13H17ClO2/c1-6(14)11-7-2-3-8(11)13-10(16)5-4-9(15)12(7)13/h7-9,12-13,15H,2-5H2,1H3/t7?,8?,9-,12-,13+/m0/s1. The van der Waals surface area contributed by atoms with Crippen molar-refractivity contribution in [1.82, 2.24) is 0 Å². The number of rotatable bonds is 0. The fourth-order valence-electron chi connectivity index (χ4n) is 4.34. The highest BCUT2D eigenvalue weighted by atomic mass is 35.5. The van der Waals surface area contributed by atoms with E-state index in [4.69, 9.17) is 11.6 Å². The maximum Gasteiger partial charge on any atom is 0.137 e. The first-order chi connectivity index (χ1) is 7.61. The Morgan fingerprint density at radius 3 is 2.62 bits per heavy atom. The lowest BCUT2D eigenvalue weighted by Gasteiger charge is -2.36. The second-order valence-electron chi connectivity index (χ2n) is 5.45. The minimum absolute atomic E-state index is 0.0752. The van der Waals surface area contributed by atoms with Crippen LogP contribution in [0.5, 0.6) is 0 Å². The Kier molecular flexibility index (Phi) is 2.41. The summed E-state index contributed by atoms with van der Waals surface area (Å²) in [5, 5.41) is 11.0. The summed E-state index contributed by atoms with van der Waals surface area (Å²) >= 11 is 6.16. The van der Waals surface area contributed by atoms with E-state index in [0.717, 1.165) is 17.9 Å². The molecule has 3 aliphatic carbocycles. The van der Waals surface area contributed by atoms with Crippen LogP contribution in [0, 0.1) is 23.7 Å². The zero-order chi connectivity index (χ0) is 11.4. The Balaban J connectivity index is 2.04. The van der Waals surface area contributed by atoms with Gasteiger partial charge in [0.15, 0.2) is 0 Å². The van der Waals surface area contributed by atoms with Crippen LogP contribution < -0.4 is 0 Å². The molecule has 1 N–H and O–H groups in total. The Labute approximate surface area is 101 Å². The van der Waals surface area contributed by atoms with E-state index in [2.05, 4.69) is 0 Å². The average molecular weight is 241 g/mol. The van der Waals surface area contributed by atoms with Gasteiger partial charge in [-0.3, -0.25) is 4.79 Å². The molecular formula is C13H17ClO2. The van der Waals surface area contributed by atoms with Crippen molar-refractivity contribution in [3.05, 3.63) is 10.6 Å². The number of allylic oxidation sites excluding steroid dienone is 2. The Morgan fingerprint density at radius 2 is 2.00 bits per heavy atom. The zero-order valence-corrected chi connectivity index (χ0v) is 10.2. The van der Waals surface area contributed by atoms with Crippen molar-refractivity contribution in [2.75, 3.05) is 0 Å². The summed E-state index contributed by atoms with van der Waals surface area (Å²) in [6.07, 6.45) is 3.11. The first-order valence-corrected chi connectivity index (χ1v) is 6.56. The molecule has 2 unspecified atom stereocenters. The third kappa shape index (κ3) is 1.26. The van der Waals surface area contributed by atoms with E-state index in [1.54, 1.807) is 0 Å². The topological polar surface area (TPSA) is 37.3 Å². The highest BCUT2D eigenvalue weighted by Crippen LogP contribution is 2.60. The molecule has 88 valence electrons. The van der Waals surface area contributed by atoms with Gasteiger partial charge in [-0.15, -0.1) is 0 Å². The number of halogens is 1. The number of aliphatic hydroxyl groups excluding tert-OH is 1. The van der Waals surface area contributed by atoms with Crippen LogP contribution in [0.25, 0.3) is 0 Å². The minimum atomic E-state index is -0.288. The predicted molar refractivity (Wildman–Crippen MR) is 62.0 cm³/mol. The molecule has 3 heteroatoms. The van der Waals surface area contributed by atoms with E-state index in [1.165, 1.54) is 5.57 Å². The van der Waals surface area contributed by atoms with E-state index < -0.39 is 0 Å². The third-order valence-electron chi connectivity index (χ3n) is 4.80. The minimum Gasteiger partial charge on any atom is -0.393 e. The Hall–Kier alpha value is -0.340. The number of aliphatic hydroxyl groups is 1. The number of carbonyl (C=O) groups is 1. The van der Waals surface area contributed by atoms with Crippen LogP contribution in [-0.4, -0.2) is 17.0 Å². The van der Waals surface area contributed by atoms with Gasteiger partial charge in [0.2, 0.25) is 0 Å². The van der Waals surface area contributed by atoms with Gasteiger partial charge >= 0.3 is 0 Å². The molecule has 3 aliphatic rings. The molecule has 3 rings (SSSR count). The number of carbonyl (C=O) groups excluding carboxylic acids is 1. The van der Waals surface area contributed by atoms with Crippen molar-refractivity contribution < 1.29 is 9.90 Å². The van der Waals surface area contributed by atoms with E-state index in [1.807, 2.05) is 6.92 Å². The van der Waals surface area contributed by atoms with E-state index in [9.17, 15) is 9.90 Å². The lowest BCUT2D eigenvalue weighted by molar-refractivity contribution is -0.133. The molecule has 0 aromatic heterocycles. The lowest BCUT2D eigenvalue weighted by Crippen LogP contribution is -2.41. The SMILES string of the molecule is CC(Cl)=C1C2CCC1[C@@H]1C(=O)CC[C@H](O)[C@H]21. The van der Waals surface area contributed by atoms with Crippen LogP contribution in [0.3, 0.4) is 0 Å². The average Bonchev–Trinajstić information content (AvgIpc) is 2.79. The van der Waals surface area contributed by atoms with Crippen molar-refractivity contribution in [2.24, 2.45) is 23.7 Å². The molecule has 0 aromatic rings. The molecule has 2 bridgehead atoms. The predicted octanol–water partition coefficient (Wildman–Crippen LogP) is 2.50. The molecule has 3 fully saturated rings. The molecule has 2 nitrogen and oxygen atoms in total. The Bertz CT molecular complexity index is 370. The van der Waals surface area contributed by atoms with Gasteiger partial charge in [0.1, 0.15) is 5.78 Å². The fourth-order valence-corrected chi connectivity index (χ4v) is 4.62. The van der Waals surface area contributed by atoms with Crippen LogP contribution in [-0.2, 0) is 4.79 Å². The number of fused-ring (bicyclic) bond motifs is 5. The number of Topliss-reactive ketones (excluding diaryl/α,β-unsaturated/α-hetero) is 1. The molecule has 0 aromatic carbocycles. The molecule has 3 saturated carbocycles. The summed E-state index contributed by atoms with van der Waals surface area (Å²) in [4.78, 5) is 12.0. The zero-order valence-electron chi connectivity index (χ0n) is 9.45. The molecule has 0 amide bonds. The molecule has 0 heterocycles. The van der Waals surface area contributed by atoms with E-state index in [0.29, 0.717) is 30.5 Å². The van der Waals surface area contributed by atoms with Crippen LogP contribution in [0.15, 0.2) is 10.6 Å². The van der Waals surface area contributed by atoms with Crippen LogP contribution in [0.2, 0.25) is 0 Å². The summed E-state index contributed by atoms with van der Waals surface area (Å²) in [5.41, 5.74) is 1.28. The van der Waals surface area contributed by atoms with Crippen LogP contribution >= 0.6 is 11.6 Å². The highest BCUT2D eigenvalue weighted by Gasteiger charge is 2.57. The van der Waals surface area contributed by atoms with Crippen molar-refractivity contribution in [3.8, 4) is 0 Å². The molecule has 0 spiro atoms. The summed E-state index contributed by atoms with van der Waals surface area (Å²) in [7, 11) is 0. The smallest absolute Gasteiger partial charge is 0.137 e. The summed E-state index contributed by atoms with van der Waals surface area (Å²) in [6, 6.07) is 0. The van der Waals surface area contributed by atoms with Crippen molar-refractivity contribution in [3.63, 3.8) is 0 Å². The molecular weight excluding hydrogens is 224 g/mol. The van der Waals surface area contributed by atoms with Gasteiger partial charge < -0.3 is 5.11 Å². The summed E-state index contributed by atoms with van der Waals surface area (Å²) < 4.78 is 0. The largest absolute Gasteiger partial charge is 0.393 e. The fraction of sp³-hybridized carbons (Fsp3) is 0.769.